The second-order valence-electron chi connectivity index (χ2n) is 8.04. The fourth-order valence-electron chi connectivity index (χ4n) is 3.08. The summed E-state index contributed by atoms with van der Waals surface area (Å²) in [6, 6.07) is 11.9. The summed E-state index contributed by atoms with van der Waals surface area (Å²) in [4.78, 5) is 32.4. The van der Waals surface area contributed by atoms with Crippen LogP contribution < -0.4 is 10.9 Å². The molecule has 6 nitrogen and oxygen atoms in total. The molecule has 162 valence electrons. The number of hydrogen-bond acceptors (Lipinski definition) is 6. The molecule has 1 atom stereocenters. The standard InChI is InChI=1S/C23H26N4O2S2/c1-14(2)23(5,13-24)26-18(28)12-30-22-25-20-19(15(3)16(4)31-20)21(29)27(22)11-17-9-7-6-8-10-17/h6-10,14H,11-12H2,1-5H3,(H,26,28). The number of benzene rings is 1. The Labute approximate surface area is 190 Å². The maximum Gasteiger partial charge on any atom is 0.263 e. The minimum absolute atomic E-state index is 0.0331. The predicted octanol–water partition coefficient (Wildman–Crippen LogP) is 4.27. The van der Waals surface area contributed by atoms with Gasteiger partial charge in [-0.15, -0.1) is 11.3 Å². The molecule has 0 aliphatic rings. The molecular formula is C23H26N4O2S2. The number of nitrogens with one attached hydrogen (secondary N) is 1. The Bertz CT molecular complexity index is 1210. The summed E-state index contributed by atoms with van der Waals surface area (Å²) in [7, 11) is 0. The molecule has 0 saturated carbocycles. The summed E-state index contributed by atoms with van der Waals surface area (Å²) in [5, 5.41) is 13.4. The van der Waals surface area contributed by atoms with E-state index in [1.54, 1.807) is 11.5 Å². The predicted molar refractivity (Wildman–Crippen MR) is 127 cm³/mol. The maximum absolute atomic E-state index is 13.4. The maximum atomic E-state index is 13.4. The molecule has 8 heteroatoms. The van der Waals surface area contributed by atoms with Gasteiger partial charge in [-0.1, -0.05) is 55.9 Å². The van der Waals surface area contributed by atoms with E-state index >= 15 is 0 Å². The van der Waals surface area contributed by atoms with Gasteiger partial charge < -0.3 is 5.32 Å². The zero-order valence-electron chi connectivity index (χ0n) is 18.4. The van der Waals surface area contributed by atoms with Crippen molar-refractivity contribution in [2.45, 2.75) is 51.9 Å². The molecule has 3 rings (SSSR count). The summed E-state index contributed by atoms with van der Waals surface area (Å²) < 4.78 is 1.64. The number of thioether (sulfide) groups is 1. The number of hydrogen-bond donors (Lipinski definition) is 1. The van der Waals surface area contributed by atoms with Gasteiger partial charge in [-0.05, 0) is 37.8 Å². The van der Waals surface area contributed by atoms with Crippen LogP contribution in [-0.2, 0) is 11.3 Å². The lowest BCUT2D eigenvalue weighted by molar-refractivity contribution is -0.120. The Hall–Kier alpha value is -2.63. The zero-order valence-corrected chi connectivity index (χ0v) is 20.0. The third-order valence-electron chi connectivity index (χ3n) is 5.56. The van der Waals surface area contributed by atoms with E-state index in [1.165, 1.54) is 23.1 Å². The lowest BCUT2D eigenvalue weighted by Gasteiger charge is -2.27. The highest BCUT2D eigenvalue weighted by atomic mass is 32.2. The molecule has 0 spiro atoms. The van der Waals surface area contributed by atoms with Crippen molar-refractivity contribution < 1.29 is 4.79 Å². The van der Waals surface area contributed by atoms with Crippen molar-refractivity contribution >= 4 is 39.2 Å². The first kappa shape index (κ1) is 23.0. The molecule has 0 fully saturated rings. The molecule has 1 aromatic carbocycles. The van der Waals surface area contributed by atoms with Crippen LogP contribution in [0.2, 0.25) is 0 Å². The van der Waals surface area contributed by atoms with Crippen molar-refractivity contribution in [3.8, 4) is 6.07 Å². The average Bonchev–Trinajstić information content (AvgIpc) is 3.03. The summed E-state index contributed by atoms with van der Waals surface area (Å²) in [5.74, 6) is -0.226. The van der Waals surface area contributed by atoms with Crippen LogP contribution in [0, 0.1) is 31.1 Å². The highest BCUT2D eigenvalue weighted by molar-refractivity contribution is 7.99. The normalized spacial score (nSPS) is 13.2. The summed E-state index contributed by atoms with van der Waals surface area (Å²) >= 11 is 2.71. The Morgan fingerprint density at radius 3 is 2.61 bits per heavy atom. The molecule has 31 heavy (non-hydrogen) atoms. The molecule has 1 N–H and O–H groups in total. The van der Waals surface area contributed by atoms with Crippen LogP contribution in [0.25, 0.3) is 10.2 Å². The molecular weight excluding hydrogens is 428 g/mol. The van der Waals surface area contributed by atoms with Gasteiger partial charge in [0.2, 0.25) is 5.91 Å². The first-order valence-corrected chi connectivity index (χ1v) is 11.9. The lowest BCUT2D eigenvalue weighted by atomic mass is 9.90. The highest BCUT2D eigenvalue weighted by Gasteiger charge is 2.30. The zero-order chi connectivity index (χ0) is 22.8. The monoisotopic (exact) mass is 454 g/mol. The van der Waals surface area contributed by atoms with Crippen molar-refractivity contribution in [3.05, 3.63) is 56.7 Å². The van der Waals surface area contributed by atoms with E-state index in [9.17, 15) is 14.9 Å². The number of nitriles is 1. The third-order valence-corrected chi connectivity index (χ3v) is 7.63. The number of thiophene rings is 1. The molecule has 1 unspecified atom stereocenters. The highest BCUT2D eigenvalue weighted by Crippen LogP contribution is 2.28. The number of carbonyl (C=O) groups excluding carboxylic acids is 1. The van der Waals surface area contributed by atoms with Gasteiger partial charge in [0.05, 0.1) is 23.8 Å². The van der Waals surface area contributed by atoms with Crippen LogP contribution in [0.3, 0.4) is 0 Å². The van der Waals surface area contributed by atoms with E-state index in [0.29, 0.717) is 21.9 Å². The summed E-state index contributed by atoms with van der Waals surface area (Å²) in [5.41, 5.74) is 0.900. The number of nitrogens with zero attached hydrogens (tertiary/aromatic N) is 3. The van der Waals surface area contributed by atoms with Gasteiger partial charge >= 0.3 is 0 Å². The van der Waals surface area contributed by atoms with E-state index in [1.807, 2.05) is 58.0 Å². The Morgan fingerprint density at radius 2 is 2.00 bits per heavy atom. The molecule has 0 radical (unpaired) electrons. The van der Waals surface area contributed by atoms with Crippen LogP contribution in [0.4, 0.5) is 0 Å². The van der Waals surface area contributed by atoms with Crippen LogP contribution >= 0.6 is 23.1 Å². The van der Waals surface area contributed by atoms with Gasteiger partial charge in [0.15, 0.2) is 5.16 Å². The second kappa shape index (κ2) is 9.25. The number of carbonyl (C=O) groups is 1. The molecule has 1 amide bonds. The molecule has 2 aromatic heterocycles. The third kappa shape index (κ3) is 4.83. The SMILES string of the molecule is Cc1sc2nc(SCC(=O)NC(C)(C#N)C(C)C)n(Cc3ccccc3)c(=O)c2c1C. The van der Waals surface area contributed by atoms with Crippen molar-refractivity contribution in [3.63, 3.8) is 0 Å². The van der Waals surface area contributed by atoms with Crippen molar-refractivity contribution in [1.82, 2.24) is 14.9 Å². The number of amides is 1. The van der Waals surface area contributed by atoms with Gasteiger partial charge in [0.1, 0.15) is 10.4 Å². The van der Waals surface area contributed by atoms with Crippen molar-refractivity contribution in [2.75, 3.05) is 5.75 Å². The van der Waals surface area contributed by atoms with E-state index in [0.717, 1.165) is 16.0 Å². The van der Waals surface area contributed by atoms with Gasteiger partial charge in [-0.2, -0.15) is 5.26 Å². The largest absolute Gasteiger partial charge is 0.337 e. The Kier molecular flexibility index (Phi) is 6.87. The Morgan fingerprint density at radius 1 is 1.32 bits per heavy atom. The van der Waals surface area contributed by atoms with E-state index in [-0.39, 0.29) is 23.1 Å². The molecule has 0 aliphatic carbocycles. The van der Waals surface area contributed by atoms with Gasteiger partial charge in [-0.25, -0.2) is 4.98 Å². The lowest BCUT2D eigenvalue weighted by Crippen LogP contribution is -2.49. The number of aryl methyl sites for hydroxylation is 2. The smallest absolute Gasteiger partial charge is 0.263 e. The molecule has 0 saturated heterocycles. The van der Waals surface area contributed by atoms with E-state index in [4.69, 9.17) is 4.98 Å². The molecule has 0 aliphatic heterocycles. The topological polar surface area (TPSA) is 87.8 Å². The van der Waals surface area contributed by atoms with Crippen LogP contribution in [0.1, 0.15) is 36.8 Å². The van der Waals surface area contributed by atoms with Gasteiger partial charge in [0, 0.05) is 4.88 Å². The quantitative estimate of drug-likeness (QED) is 0.425. The fraction of sp³-hybridized carbons (Fsp3) is 0.391. The van der Waals surface area contributed by atoms with Crippen molar-refractivity contribution in [1.29, 1.82) is 5.26 Å². The van der Waals surface area contributed by atoms with E-state index < -0.39 is 5.54 Å². The first-order valence-electron chi connectivity index (χ1n) is 10.1. The molecule has 0 bridgehead atoms. The first-order chi connectivity index (χ1) is 14.7. The number of fused-ring (bicyclic) bond motifs is 1. The molecule has 2 heterocycles. The summed E-state index contributed by atoms with van der Waals surface area (Å²) in [6.07, 6.45) is 0. The minimum atomic E-state index is -0.944. The molecule has 3 aromatic rings. The van der Waals surface area contributed by atoms with E-state index in [2.05, 4.69) is 11.4 Å². The fourth-order valence-corrected chi connectivity index (χ4v) is 4.95. The van der Waals surface area contributed by atoms with Crippen molar-refractivity contribution in [2.24, 2.45) is 5.92 Å². The summed E-state index contributed by atoms with van der Waals surface area (Å²) in [6.45, 7) is 9.81. The van der Waals surface area contributed by atoms with Crippen LogP contribution in [0.15, 0.2) is 40.3 Å². The Balaban J connectivity index is 1.95. The van der Waals surface area contributed by atoms with Gasteiger partial charge in [0.25, 0.3) is 5.56 Å². The average molecular weight is 455 g/mol. The number of rotatable bonds is 7. The second-order valence-corrected chi connectivity index (χ2v) is 10.2. The van der Waals surface area contributed by atoms with Gasteiger partial charge in [-0.3, -0.25) is 14.2 Å². The van der Waals surface area contributed by atoms with Crippen LogP contribution in [0.5, 0.6) is 0 Å². The number of aromatic nitrogens is 2. The minimum Gasteiger partial charge on any atom is -0.337 e. The van der Waals surface area contributed by atoms with Crippen LogP contribution in [-0.4, -0.2) is 26.8 Å².